The Hall–Kier alpha value is -1.14. The summed E-state index contributed by atoms with van der Waals surface area (Å²) in [6.45, 7) is 1.72. The summed E-state index contributed by atoms with van der Waals surface area (Å²) in [7, 11) is -3.43. The number of aryl methyl sites for hydroxylation is 1. The highest BCUT2D eigenvalue weighted by Gasteiger charge is 2.21. The Bertz CT molecular complexity index is 467. The van der Waals surface area contributed by atoms with Gasteiger partial charge in [0.25, 0.3) is 10.0 Å². The molecule has 0 aliphatic heterocycles. The summed E-state index contributed by atoms with van der Waals surface area (Å²) in [6.07, 6.45) is 6.80. The number of rotatable bonds is 3. The average molecular weight is 227 g/mol. The average Bonchev–Trinajstić information content (AvgIpc) is 2.75. The molecular weight excluding hydrogens is 214 g/mol. The molecule has 0 bridgehead atoms. The molecule has 15 heavy (non-hydrogen) atoms. The maximum absolute atomic E-state index is 11.8. The zero-order valence-corrected chi connectivity index (χ0v) is 9.21. The number of nitrogens with one attached hydrogen (secondary N) is 2. The molecule has 0 atom stereocenters. The maximum atomic E-state index is 11.8. The fourth-order valence-corrected chi connectivity index (χ4v) is 2.76. The fourth-order valence-electron chi connectivity index (χ4n) is 1.53. The molecule has 82 valence electrons. The first-order valence-electron chi connectivity index (χ1n) is 4.77. The van der Waals surface area contributed by atoms with Gasteiger partial charge in [-0.1, -0.05) is 12.2 Å². The third-order valence-corrected chi connectivity index (χ3v) is 3.73. The standard InChI is InChI=1S/C9H13N3O2S/c1-7-10-6-9(11-7)15(13,14)12-8-4-2-3-5-8/h2-3,6,8,12H,4-5H2,1H3,(H,10,11). The SMILES string of the molecule is Cc1ncc(S(=O)(=O)NC2CC=CC2)[nH]1. The van der Waals surface area contributed by atoms with Crippen molar-refractivity contribution < 1.29 is 8.42 Å². The van der Waals surface area contributed by atoms with E-state index in [1.807, 2.05) is 12.2 Å². The van der Waals surface area contributed by atoms with E-state index in [4.69, 9.17) is 0 Å². The van der Waals surface area contributed by atoms with E-state index in [9.17, 15) is 8.42 Å². The maximum Gasteiger partial charge on any atom is 0.257 e. The molecule has 1 aliphatic carbocycles. The number of nitrogens with zero attached hydrogens (tertiary/aromatic N) is 1. The van der Waals surface area contributed by atoms with Crippen LogP contribution < -0.4 is 4.72 Å². The van der Waals surface area contributed by atoms with Crippen molar-refractivity contribution >= 4 is 10.0 Å². The van der Waals surface area contributed by atoms with Gasteiger partial charge in [-0.2, -0.15) is 0 Å². The van der Waals surface area contributed by atoms with Crippen LogP contribution in [0.25, 0.3) is 0 Å². The van der Waals surface area contributed by atoms with Crippen molar-refractivity contribution in [1.82, 2.24) is 14.7 Å². The van der Waals surface area contributed by atoms with Crippen LogP contribution in [-0.2, 0) is 10.0 Å². The lowest BCUT2D eigenvalue weighted by Crippen LogP contribution is -2.33. The number of aromatic amines is 1. The van der Waals surface area contributed by atoms with Gasteiger partial charge in [0.2, 0.25) is 0 Å². The highest BCUT2D eigenvalue weighted by atomic mass is 32.2. The minimum atomic E-state index is -3.43. The molecule has 0 saturated carbocycles. The molecule has 1 heterocycles. The Kier molecular flexibility index (Phi) is 2.62. The number of sulfonamides is 1. The summed E-state index contributed by atoms with van der Waals surface area (Å²) >= 11 is 0. The normalized spacial score (nSPS) is 17.4. The van der Waals surface area contributed by atoms with Gasteiger partial charge in [-0.25, -0.2) is 18.1 Å². The minimum Gasteiger partial charge on any atom is -0.332 e. The van der Waals surface area contributed by atoms with Gasteiger partial charge in [-0.05, 0) is 19.8 Å². The third-order valence-electron chi connectivity index (χ3n) is 2.30. The summed E-state index contributed by atoms with van der Waals surface area (Å²) in [4.78, 5) is 6.58. The van der Waals surface area contributed by atoms with Crippen LogP contribution in [0.1, 0.15) is 18.7 Å². The fraction of sp³-hybridized carbons (Fsp3) is 0.444. The van der Waals surface area contributed by atoms with Crippen molar-refractivity contribution in [3.8, 4) is 0 Å². The molecule has 6 heteroatoms. The molecule has 0 amide bonds. The number of aromatic nitrogens is 2. The van der Waals surface area contributed by atoms with E-state index in [0.29, 0.717) is 5.82 Å². The molecule has 0 spiro atoms. The lowest BCUT2D eigenvalue weighted by Gasteiger charge is -2.10. The number of hydrogen-bond donors (Lipinski definition) is 2. The zero-order valence-electron chi connectivity index (χ0n) is 8.40. The summed E-state index contributed by atoms with van der Waals surface area (Å²) in [5, 5.41) is 0.131. The van der Waals surface area contributed by atoms with Gasteiger partial charge < -0.3 is 4.98 Å². The first-order valence-corrected chi connectivity index (χ1v) is 6.25. The Morgan fingerprint density at radius 3 is 2.67 bits per heavy atom. The highest BCUT2D eigenvalue weighted by molar-refractivity contribution is 7.89. The van der Waals surface area contributed by atoms with Crippen LogP contribution in [-0.4, -0.2) is 24.4 Å². The first kappa shape index (κ1) is 10.4. The number of H-pyrrole nitrogens is 1. The van der Waals surface area contributed by atoms with Gasteiger partial charge in [0.05, 0.1) is 6.20 Å². The predicted octanol–water partition coefficient (Wildman–Crippen LogP) is 0.715. The predicted molar refractivity (Wildman–Crippen MR) is 55.8 cm³/mol. The van der Waals surface area contributed by atoms with Crippen LogP contribution in [0, 0.1) is 6.92 Å². The summed E-state index contributed by atoms with van der Waals surface area (Å²) in [5.74, 6) is 0.597. The summed E-state index contributed by atoms with van der Waals surface area (Å²) in [6, 6.07) is -0.0152. The van der Waals surface area contributed by atoms with Crippen molar-refractivity contribution in [2.24, 2.45) is 0 Å². The second-order valence-electron chi connectivity index (χ2n) is 3.59. The van der Waals surface area contributed by atoms with Crippen LogP contribution in [0.2, 0.25) is 0 Å². The smallest absolute Gasteiger partial charge is 0.257 e. The summed E-state index contributed by atoms with van der Waals surface area (Å²) < 4.78 is 26.2. The molecule has 1 aliphatic rings. The molecule has 0 fully saturated rings. The van der Waals surface area contributed by atoms with Crippen molar-refractivity contribution in [3.63, 3.8) is 0 Å². The molecule has 2 rings (SSSR count). The number of hydrogen-bond acceptors (Lipinski definition) is 3. The van der Waals surface area contributed by atoms with Crippen LogP contribution in [0.4, 0.5) is 0 Å². The largest absolute Gasteiger partial charge is 0.332 e. The molecule has 1 aromatic rings. The van der Waals surface area contributed by atoms with Crippen LogP contribution in [0.5, 0.6) is 0 Å². The van der Waals surface area contributed by atoms with Crippen LogP contribution in [0.3, 0.4) is 0 Å². The second-order valence-corrected chi connectivity index (χ2v) is 5.28. The lowest BCUT2D eigenvalue weighted by molar-refractivity contribution is 0.554. The highest BCUT2D eigenvalue weighted by Crippen LogP contribution is 2.13. The monoisotopic (exact) mass is 227 g/mol. The minimum absolute atomic E-state index is 0.0152. The molecule has 0 saturated heterocycles. The van der Waals surface area contributed by atoms with Gasteiger partial charge >= 0.3 is 0 Å². The Morgan fingerprint density at radius 1 is 1.47 bits per heavy atom. The van der Waals surface area contributed by atoms with Crippen LogP contribution in [0.15, 0.2) is 23.4 Å². The Morgan fingerprint density at radius 2 is 2.13 bits per heavy atom. The van der Waals surface area contributed by atoms with Crippen molar-refractivity contribution in [3.05, 3.63) is 24.2 Å². The van der Waals surface area contributed by atoms with Gasteiger partial charge in [-0.3, -0.25) is 0 Å². The zero-order chi connectivity index (χ0) is 10.9. The van der Waals surface area contributed by atoms with E-state index in [2.05, 4.69) is 14.7 Å². The first-order chi connectivity index (χ1) is 7.08. The van der Waals surface area contributed by atoms with Gasteiger partial charge in [0, 0.05) is 6.04 Å². The molecule has 1 aromatic heterocycles. The molecule has 0 radical (unpaired) electrons. The molecule has 0 aromatic carbocycles. The van der Waals surface area contributed by atoms with Gasteiger partial charge in [0.1, 0.15) is 5.82 Å². The van der Waals surface area contributed by atoms with E-state index >= 15 is 0 Å². The number of imidazole rings is 1. The molecule has 0 unspecified atom stereocenters. The van der Waals surface area contributed by atoms with Gasteiger partial charge in [-0.15, -0.1) is 0 Å². The van der Waals surface area contributed by atoms with Crippen molar-refractivity contribution in [1.29, 1.82) is 0 Å². The van der Waals surface area contributed by atoms with E-state index in [1.165, 1.54) is 6.20 Å². The topological polar surface area (TPSA) is 74.8 Å². The van der Waals surface area contributed by atoms with E-state index < -0.39 is 10.0 Å². The third kappa shape index (κ3) is 2.27. The van der Waals surface area contributed by atoms with Crippen molar-refractivity contribution in [2.45, 2.75) is 30.8 Å². The van der Waals surface area contributed by atoms with E-state index in [1.54, 1.807) is 6.92 Å². The quantitative estimate of drug-likeness (QED) is 0.747. The lowest BCUT2D eigenvalue weighted by atomic mass is 10.3. The Balaban J connectivity index is 2.13. The van der Waals surface area contributed by atoms with Gasteiger partial charge in [0.15, 0.2) is 5.03 Å². The van der Waals surface area contributed by atoms with E-state index in [-0.39, 0.29) is 11.1 Å². The van der Waals surface area contributed by atoms with E-state index in [0.717, 1.165) is 12.8 Å². The molecule has 2 N–H and O–H groups in total. The second kappa shape index (κ2) is 3.79. The van der Waals surface area contributed by atoms with Crippen molar-refractivity contribution in [2.75, 3.05) is 0 Å². The van der Waals surface area contributed by atoms with Crippen LogP contribution >= 0.6 is 0 Å². The summed E-state index contributed by atoms with van der Waals surface area (Å²) in [5.41, 5.74) is 0. The molecule has 5 nitrogen and oxygen atoms in total. The Labute approximate surface area is 88.7 Å². The molecular formula is C9H13N3O2S.